The van der Waals surface area contributed by atoms with Crippen LogP contribution in [0.3, 0.4) is 0 Å². The highest BCUT2D eigenvalue weighted by atomic mass is 35.5. The number of para-hydroxylation sites is 1. The van der Waals surface area contributed by atoms with E-state index >= 15 is 0 Å². The predicted octanol–water partition coefficient (Wildman–Crippen LogP) is 5.34. The third-order valence-corrected chi connectivity index (χ3v) is 5.71. The highest BCUT2D eigenvalue weighted by Crippen LogP contribution is 2.28. The summed E-state index contributed by atoms with van der Waals surface area (Å²) in [5.74, 6) is 0. The van der Waals surface area contributed by atoms with Crippen LogP contribution in [0.4, 0.5) is 0 Å². The maximum atomic E-state index is 6.40. The molecule has 27 heavy (non-hydrogen) atoms. The molecule has 1 aliphatic heterocycles. The molecular weight excluding hydrogens is 379 g/mol. The van der Waals surface area contributed by atoms with E-state index in [4.69, 9.17) is 16.3 Å². The fraction of sp³-hybridized carbons (Fsp3) is 0.364. The molecule has 1 saturated heterocycles. The van der Waals surface area contributed by atoms with Crippen molar-refractivity contribution >= 4 is 34.9 Å². The Bertz CT molecular complexity index is 900. The fourth-order valence-corrected chi connectivity index (χ4v) is 4.09. The summed E-state index contributed by atoms with van der Waals surface area (Å²) < 4.78 is 8.10. The Hall–Kier alpha value is -1.52. The van der Waals surface area contributed by atoms with Gasteiger partial charge >= 0.3 is 0 Å². The SMILES string of the molecule is Cc1c(CNCC2CCCO2)c2ccccc2n1Cc1ccccc1Cl.Cl. The number of hydrogen-bond acceptors (Lipinski definition) is 2. The van der Waals surface area contributed by atoms with E-state index in [-0.39, 0.29) is 12.4 Å². The summed E-state index contributed by atoms with van der Waals surface area (Å²) in [6, 6.07) is 16.7. The normalized spacial score (nSPS) is 16.6. The van der Waals surface area contributed by atoms with Gasteiger partial charge in [-0.3, -0.25) is 0 Å². The van der Waals surface area contributed by atoms with Crippen molar-refractivity contribution in [1.29, 1.82) is 0 Å². The van der Waals surface area contributed by atoms with Crippen molar-refractivity contribution in [3.63, 3.8) is 0 Å². The molecule has 5 heteroatoms. The van der Waals surface area contributed by atoms with Crippen LogP contribution in [0.1, 0.15) is 29.7 Å². The van der Waals surface area contributed by atoms with Crippen LogP contribution in [0.5, 0.6) is 0 Å². The molecule has 1 fully saturated rings. The van der Waals surface area contributed by atoms with Crippen molar-refractivity contribution in [3.8, 4) is 0 Å². The van der Waals surface area contributed by atoms with Gasteiger partial charge in [0, 0.05) is 47.9 Å². The zero-order valence-corrected chi connectivity index (χ0v) is 17.2. The Kier molecular flexibility index (Phi) is 6.83. The van der Waals surface area contributed by atoms with Gasteiger partial charge in [0.2, 0.25) is 0 Å². The van der Waals surface area contributed by atoms with Crippen LogP contribution in [-0.4, -0.2) is 23.8 Å². The molecule has 144 valence electrons. The van der Waals surface area contributed by atoms with E-state index in [1.165, 1.54) is 35.0 Å². The largest absolute Gasteiger partial charge is 0.377 e. The van der Waals surface area contributed by atoms with Gasteiger partial charge in [0.1, 0.15) is 0 Å². The molecule has 0 spiro atoms. The van der Waals surface area contributed by atoms with Crippen molar-refractivity contribution in [2.24, 2.45) is 0 Å². The van der Waals surface area contributed by atoms with Gasteiger partial charge in [-0.05, 0) is 43.0 Å². The van der Waals surface area contributed by atoms with Crippen LogP contribution in [0.15, 0.2) is 48.5 Å². The summed E-state index contributed by atoms with van der Waals surface area (Å²) in [7, 11) is 0. The minimum Gasteiger partial charge on any atom is -0.377 e. The first-order valence-corrected chi connectivity index (χ1v) is 9.74. The molecule has 1 unspecified atom stereocenters. The Balaban J connectivity index is 0.00000210. The lowest BCUT2D eigenvalue weighted by molar-refractivity contribution is 0.110. The number of benzene rings is 2. The quantitative estimate of drug-likeness (QED) is 0.599. The first-order valence-electron chi connectivity index (χ1n) is 9.36. The Morgan fingerprint density at radius 1 is 1.15 bits per heavy atom. The van der Waals surface area contributed by atoms with Gasteiger partial charge < -0.3 is 14.6 Å². The number of nitrogens with zero attached hydrogens (tertiary/aromatic N) is 1. The standard InChI is InChI=1S/C22H25ClN2O.ClH/c1-16-20(14-24-13-18-8-6-12-26-18)19-9-3-5-11-22(19)25(16)15-17-7-2-4-10-21(17)23;/h2-5,7,9-11,18,24H,6,8,12-15H2,1H3;1H. The highest BCUT2D eigenvalue weighted by Gasteiger charge is 2.17. The van der Waals surface area contributed by atoms with E-state index in [1.54, 1.807) is 0 Å². The van der Waals surface area contributed by atoms with Crippen molar-refractivity contribution in [1.82, 2.24) is 9.88 Å². The second-order valence-corrected chi connectivity index (χ2v) is 7.43. The summed E-state index contributed by atoms with van der Waals surface area (Å²) in [5, 5.41) is 5.74. The van der Waals surface area contributed by atoms with Crippen LogP contribution < -0.4 is 5.32 Å². The molecule has 1 atom stereocenters. The number of ether oxygens (including phenoxy) is 1. The minimum atomic E-state index is 0. The van der Waals surface area contributed by atoms with Gasteiger partial charge in [-0.1, -0.05) is 48.0 Å². The first kappa shape index (κ1) is 20.2. The molecule has 0 radical (unpaired) electrons. The molecule has 2 heterocycles. The molecule has 0 bridgehead atoms. The maximum Gasteiger partial charge on any atom is 0.0700 e. The third-order valence-electron chi connectivity index (χ3n) is 5.35. The summed E-state index contributed by atoms with van der Waals surface area (Å²) in [6.07, 6.45) is 2.72. The predicted molar refractivity (Wildman–Crippen MR) is 115 cm³/mol. The second-order valence-electron chi connectivity index (χ2n) is 7.02. The smallest absolute Gasteiger partial charge is 0.0700 e. The van der Waals surface area contributed by atoms with Crippen molar-refractivity contribution in [3.05, 3.63) is 70.4 Å². The zero-order valence-electron chi connectivity index (χ0n) is 15.6. The summed E-state index contributed by atoms with van der Waals surface area (Å²) in [6.45, 7) is 5.69. The summed E-state index contributed by atoms with van der Waals surface area (Å²) in [4.78, 5) is 0. The van der Waals surface area contributed by atoms with Gasteiger partial charge in [0.05, 0.1) is 6.10 Å². The molecule has 3 nitrogen and oxygen atoms in total. The molecule has 1 N–H and O–H groups in total. The molecule has 0 amide bonds. The van der Waals surface area contributed by atoms with Gasteiger partial charge in [-0.2, -0.15) is 0 Å². The van der Waals surface area contributed by atoms with E-state index in [2.05, 4.69) is 47.1 Å². The van der Waals surface area contributed by atoms with Crippen LogP contribution in [0.25, 0.3) is 10.9 Å². The van der Waals surface area contributed by atoms with E-state index in [0.29, 0.717) is 6.10 Å². The van der Waals surface area contributed by atoms with Crippen molar-refractivity contribution < 1.29 is 4.74 Å². The number of hydrogen-bond donors (Lipinski definition) is 1. The monoisotopic (exact) mass is 404 g/mol. The van der Waals surface area contributed by atoms with E-state index in [1.807, 2.05) is 18.2 Å². The number of halogens is 2. The number of aromatic nitrogens is 1. The third kappa shape index (κ3) is 4.33. The lowest BCUT2D eigenvalue weighted by Crippen LogP contribution is -2.26. The average Bonchev–Trinajstić information content (AvgIpc) is 3.26. The highest BCUT2D eigenvalue weighted by molar-refractivity contribution is 6.31. The van der Waals surface area contributed by atoms with Crippen LogP contribution >= 0.6 is 24.0 Å². The molecular formula is C22H26Cl2N2O. The van der Waals surface area contributed by atoms with E-state index < -0.39 is 0 Å². The molecule has 4 rings (SSSR count). The summed E-state index contributed by atoms with van der Waals surface area (Å²) in [5.41, 5.74) is 5.08. The number of nitrogens with one attached hydrogen (secondary N) is 1. The van der Waals surface area contributed by atoms with Crippen LogP contribution in [-0.2, 0) is 17.8 Å². The topological polar surface area (TPSA) is 26.2 Å². The van der Waals surface area contributed by atoms with Gasteiger partial charge in [0.25, 0.3) is 0 Å². The Morgan fingerprint density at radius 2 is 1.93 bits per heavy atom. The van der Waals surface area contributed by atoms with Gasteiger partial charge in [-0.15, -0.1) is 12.4 Å². The van der Waals surface area contributed by atoms with Crippen LogP contribution in [0, 0.1) is 6.92 Å². The van der Waals surface area contributed by atoms with Crippen molar-refractivity contribution in [2.45, 2.75) is 39.0 Å². The minimum absolute atomic E-state index is 0. The zero-order chi connectivity index (χ0) is 17.9. The molecule has 2 aromatic carbocycles. The summed E-state index contributed by atoms with van der Waals surface area (Å²) >= 11 is 6.40. The van der Waals surface area contributed by atoms with Crippen LogP contribution in [0.2, 0.25) is 5.02 Å². The molecule has 1 aliphatic rings. The second kappa shape index (κ2) is 9.11. The Morgan fingerprint density at radius 3 is 2.70 bits per heavy atom. The molecule has 1 aromatic heterocycles. The van der Waals surface area contributed by atoms with Gasteiger partial charge in [0.15, 0.2) is 0 Å². The van der Waals surface area contributed by atoms with E-state index in [0.717, 1.165) is 36.8 Å². The fourth-order valence-electron chi connectivity index (χ4n) is 3.89. The van der Waals surface area contributed by atoms with Gasteiger partial charge in [-0.25, -0.2) is 0 Å². The Labute approximate surface area is 172 Å². The van der Waals surface area contributed by atoms with E-state index in [9.17, 15) is 0 Å². The lowest BCUT2D eigenvalue weighted by Gasteiger charge is -2.12. The maximum absolute atomic E-state index is 6.40. The first-order chi connectivity index (χ1) is 12.7. The lowest BCUT2D eigenvalue weighted by atomic mass is 10.1. The molecule has 3 aromatic rings. The number of rotatable bonds is 6. The average molecular weight is 405 g/mol. The molecule has 0 saturated carbocycles. The number of fused-ring (bicyclic) bond motifs is 1. The molecule has 0 aliphatic carbocycles. The van der Waals surface area contributed by atoms with Crippen molar-refractivity contribution in [2.75, 3.05) is 13.2 Å².